The first-order valence-electron chi connectivity index (χ1n) is 4.46. The van der Waals surface area contributed by atoms with Crippen LogP contribution < -0.4 is 10.5 Å². The van der Waals surface area contributed by atoms with E-state index in [0.29, 0.717) is 0 Å². The quantitative estimate of drug-likeness (QED) is 0.841. The molecule has 0 aromatic carbocycles. The highest BCUT2D eigenvalue weighted by atomic mass is 32.2. The van der Waals surface area contributed by atoms with Crippen molar-refractivity contribution in [3.05, 3.63) is 16.1 Å². The number of nitrogens with one attached hydrogen (secondary N) is 1. The van der Waals surface area contributed by atoms with Gasteiger partial charge in [0.2, 0.25) is 9.47 Å². The Labute approximate surface area is 106 Å². The van der Waals surface area contributed by atoms with Crippen molar-refractivity contribution >= 4 is 37.8 Å². The van der Waals surface area contributed by atoms with Crippen LogP contribution in [0, 0.1) is 6.92 Å². The smallest absolute Gasteiger partial charge is 0.270 e. The third kappa shape index (κ3) is 2.77. The molecule has 0 aliphatic carbocycles. The van der Waals surface area contributed by atoms with Crippen molar-refractivity contribution in [2.24, 2.45) is 0 Å². The molecule has 3 N–H and O–H groups in total. The Morgan fingerprint density at radius 1 is 1.47 bits per heavy atom. The van der Waals surface area contributed by atoms with E-state index in [1.54, 1.807) is 5.51 Å². The number of sulfonamides is 1. The summed E-state index contributed by atoms with van der Waals surface area (Å²) < 4.78 is 25.9. The largest absolute Gasteiger partial charge is 0.374 e. The lowest BCUT2D eigenvalue weighted by Crippen LogP contribution is -2.23. The molecule has 92 valence electrons. The number of anilines is 1. The molecule has 17 heavy (non-hydrogen) atoms. The van der Waals surface area contributed by atoms with E-state index in [9.17, 15) is 8.42 Å². The van der Waals surface area contributed by atoms with Crippen LogP contribution in [0.5, 0.6) is 0 Å². The monoisotopic (exact) mass is 291 g/mol. The molecule has 0 radical (unpaired) electrons. The summed E-state index contributed by atoms with van der Waals surface area (Å²) in [7, 11) is -3.64. The number of nitrogens with two attached hydrogens (primary N) is 1. The summed E-state index contributed by atoms with van der Waals surface area (Å²) in [6.07, 6.45) is 0. The topological polar surface area (TPSA) is 111 Å². The van der Waals surface area contributed by atoms with Crippen LogP contribution in [0.15, 0.2) is 9.85 Å². The van der Waals surface area contributed by atoms with Gasteiger partial charge in [0.15, 0.2) is 0 Å². The van der Waals surface area contributed by atoms with Crippen LogP contribution in [0.25, 0.3) is 0 Å². The molecule has 0 spiro atoms. The second kappa shape index (κ2) is 4.64. The van der Waals surface area contributed by atoms with Gasteiger partial charge in [-0.05, 0) is 6.92 Å². The van der Waals surface area contributed by atoms with Crippen LogP contribution in [0.4, 0.5) is 5.13 Å². The summed E-state index contributed by atoms with van der Waals surface area (Å²) in [6.45, 7) is 2.02. The van der Waals surface area contributed by atoms with E-state index in [0.717, 1.165) is 21.9 Å². The van der Waals surface area contributed by atoms with Gasteiger partial charge in [-0.2, -0.15) is 0 Å². The molecule has 0 saturated carbocycles. The highest BCUT2D eigenvalue weighted by Crippen LogP contribution is 2.18. The summed E-state index contributed by atoms with van der Waals surface area (Å²) in [5, 5.41) is 7.08. The second-order valence-corrected chi connectivity index (χ2v) is 6.98. The van der Waals surface area contributed by atoms with Gasteiger partial charge in [-0.1, -0.05) is 11.3 Å². The second-order valence-electron chi connectivity index (χ2n) is 3.09. The predicted octanol–water partition coefficient (Wildman–Crippen LogP) is 0.364. The lowest BCUT2D eigenvalue weighted by atomic mass is 10.4. The summed E-state index contributed by atoms with van der Waals surface area (Å²) in [6, 6.07) is 0. The molecule has 0 saturated heterocycles. The molecule has 0 unspecified atom stereocenters. The molecule has 10 heteroatoms. The number of rotatable bonds is 4. The molecule has 0 bridgehead atoms. The van der Waals surface area contributed by atoms with Gasteiger partial charge >= 0.3 is 0 Å². The van der Waals surface area contributed by atoms with Gasteiger partial charge in [0.25, 0.3) is 10.0 Å². The zero-order valence-corrected chi connectivity index (χ0v) is 11.2. The van der Waals surface area contributed by atoms with Crippen LogP contribution in [0.1, 0.15) is 10.6 Å². The van der Waals surface area contributed by atoms with Crippen molar-refractivity contribution < 1.29 is 8.42 Å². The van der Waals surface area contributed by atoms with Crippen LogP contribution in [0.3, 0.4) is 0 Å². The first kappa shape index (κ1) is 12.4. The van der Waals surface area contributed by atoms with Crippen LogP contribution >= 0.6 is 22.7 Å². The van der Waals surface area contributed by atoms with Crippen LogP contribution in [-0.4, -0.2) is 23.6 Å². The standard InChI is InChI=1S/C7H9N5O2S3/c1-4-5(15-3-9-4)2-10-17(13,14)7-12-11-6(8)16-7/h3,10H,2H2,1H3,(H2,8,11). The van der Waals surface area contributed by atoms with Gasteiger partial charge in [-0.3, -0.25) is 0 Å². The van der Waals surface area contributed by atoms with Gasteiger partial charge in [-0.15, -0.1) is 21.5 Å². The molecule has 0 aliphatic rings. The number of thiazole rings is 1. The van der Waals surface area contributed by atoms with Gasteiger partial charge in [0.1, 0.15) is 0 Å². The van der Waals surface area contributed by atoms with E-state index in [1.807, 2.05) is 6.92 Å². The molecule has 0 fully saturated rings. The molecular weight excluding hydrogens is 282 g/mol. The van der Waals surface area contributed by atoms with Crippen molar-refractivity contribution in [1.82, 2.24) is 19.9 Å². The molecule has 0 amide bonds. The number of nitrogen functional groups attached to an aromatic ring is 1. The Morgan fingerprint density at radius 3 is 2.76 bits per heavy atom. The van der Waals surface area contributed by atoms with Crippen molar-refractivity contribution in [2.75, 3.05) is 5.73 Å². The molecule has 7 nitrogen and oxygen atoms in total. The maximum absolute atomic E-state index is 11.8. The molecule has 0 atom stereocenters. The number of aromatic nitrogens is 3. The van der Waals surface area contributed by atoms with Crippen LogP contribution in [0.2, 0.25) is 0 Å². The van der Waals surface area contributed by atoms with Crippen molar-refractivity contribution in [3.63, 3.8) is 0 Å². The minimum atomic E-state index is -3.64. The maximum atomic E-state index is 11.8. The average Bonchev–Trinajstić information content (AvgIpc) is 2.85. The highest BCUT2D eigenvalue weighted by molar-refractivity contribution is 7.91. The van der Waals surface area contributed by atoms with E-state index in [4.69, 9.17) is 5.73 Å². The number of nitrogens with zero attached hydrogens (tertiary/aromatic N) is 3. The number of hydrogen-bond donors (Lipinski definition) is 2. The number of hydrogen-bond acceptors (Lipinski definition) is 8. The summed E-state index contributed by atoms with van der Waals surface area (Å²) in [4.78, 5) is 4.90. The van der Waals surface area contributed by atoms with E-state index in [1.165, 1.54) is 11.3 Å². The minimum Gasteiger partial charge on any atom is -0.374 e. The molecule has 2 aromatic rings. The first-order chi connectivity index (χ1) is 7.99. The molecule has 2 rings (SSSR count). The van der Waals surface area contributed by atoms with E-state index in [2.05, 4.69) is 19.9 Å². The van der Waals surface area contributed by atoms with Gasteiger partial charge in [0.05, 0.1) is 11.2 Å². The third-order valence-corrected chi connectivity index (χ3v) is 5.38. The first-order valence-corrected chi connectivity index (χ1v) is 7.64. The van der Waals surface area contributed by atoms with Crippen molar-refractivity contribution in [3.8, 4) is 0 Å². The van der Waals surface area contributed by atoms with Crippen molar-refractivity contribution in [1.29, 1.82) is 0 Å². The van der Waals surface area contributed by atoms with Crippen LogP contribution in [-0.2, 0) is 16.6 Å². The molecule has 2 aromatic heterocycles. The Balaban J connectivity index is 2.11. The Hall–Kier alpha value is -1.10. The van der Waals surface area contributed by atoms with Crippen molar-refractivity contribution in [2.45, 2.75) is 17.8 Å². The summed E-state index contributed by atoms with van der Waals surface area (Å²) >= 11 is 2.22. The summed E-state index contributed by atoms with van der Waals surface area (Å²) in [5.74, 6) is 0. The molecule has 2 heterocycles. The maximum Gasteiger partial charge on any atom is 0.270 e. The fourth-order valence-electron chi connectivity index (χ4n) is 1.05. The lowest BCUT2D eigenvalue weighted by molar-refractivity contribution is 0.579. The fraction of sp³-hybridized carbons (Fsp3) is 0.286. The van der Waals surface area contributed by atoms with Gasteiger partial charge in [-0.25, -0.2) is 18.1 Å². The normalized spacial score (nSPS) is 11.8. The van der Waals surface area contributed by atoms with Gasteiger partial charge < -0.3 is 5.73 Å². The van der Waals surface area contributed by atoms with E-state index in [-0.39, 0.29) is 16.0 Å². The Bertz CT molecular complexity index is 617. The highest BCUT2D eigenvalue weighted by Gasteiger charge is 2.19. The Morgan fingerprint density at radius 2 is 2.24 bits per heavy atom. The zero-order chi connectivity index (χ0) is 12.5. The van der Waals surface area contributed by atoms with Gasteiger partial charge in [0, 0.05) is 11.4 Å². The third-order valence-electron chi connectivity index (χ3n) is 1.92. The fourth-order valence-corrected chi connectivity index (χ4v) is 3.68. The average molecular weight is 291 g/mol. The predicted molar refractivity (Wildman–Crippen MR) is 65.2 cm³/mol. The minimum absolute atomic E-state index is 0.124. The zero-order valence-electron chi connectivity index (χ0n) is 8.74. The van der Waals surface area contributed by atoms with E-state index < -0.39 is 10.0 Å². The Kier molecular flexibility index (Phi) is 3.38. The molecular formula is C7H9N5O2S3. The SMILES string of the molecule is Cc1ncsc1CNS(=O)(=O)c1nnc(N)s1. The van der Waals surface area contributed by atoms with E-state index >= 15 is 0 Å². The number of aryl methyl sites for hydroxylation is 1. The molecule has 0 aliphatic heterocycles. The summed E-state index contributed by atoms with van der Waals surface area (Å²) in [5.41, 5.74) is 7.82. The lowest BCUT2D eigenvalue weighted by Gasteiger charge is -2.01.